The quantitative estimate of drug-likeness (QED) is 0.568. The van der Waals surface area contributed by atoms with Crippen molar-refractivity contribution in [2.45, 2.75) is 64.0 Å². The third kappa shape index (κ3) is 5.34. The summed E-state index contributed by atoms with van der Waals surface area (Å²) in [6, 6.07) is 15.2. The predicted molar refractivity (Wildman–Crippen MR) is 133 cm³/mol. The highest BCUT2D eigenvalue weighted by atomic mass is 16.5. The number of carbonyl (C=O) groups is 3. The molecule has 35 heavy (non-hydrogen) atoms. The van der Waals surface area contributed by atoms with Crippen molar-refractivity contribution in [2.75, 3.05) is 13.2 Å². The molecule has 2 N–H and O–H groups in total. The van der Waals surface area contributed by atoms with Crippen molar-refractivity contribution < 1.29 is 24.2 Å². The number of carbonyl (C=O) groups excluding carboxylic acids is 2. The Labute approximate surface area is 206 Å². The fourth-order valence-electron chi connectivity index (χ4n) is 5.33. The van der Waals surface area contributed by atoms with Gasteiger partial charge in [-0.3, -0.25) is 9.59 Å². The molecule has 3 atom stereocenters. The Morgan fingerprint density at radius 1 is 1.06 bits per heavy atom. The van der Waals surface area contributed by atoms with E-state index < -0.39 is 18.1 Å². The molecule has 1 fully saturated rings. The molecule has 7 nitrogen and oxygen atoms in total. The Kier molecular flexibility index (Phi) is 7.73. The molecule has 0 saturated carbocycles. The molecule has 4 rings (SSSR count). The smallest absolute Gasteiger partial charge is 0.407 e. The lowest BCUT2D eigenvalue weighted by Crippen LogP contribution is -2.56. The first kappa shape index (κ1) is 24.8. The van der Waals surface area contributed by atoms with Gasteiger partial charge in [-0.05, 0) is 47.4 Å². The first-order valence-electron chi connectivity index (χ1n) is 12.5. The van der Waals surface area contributed by atoms with Gasteiger partial charge in [-0.25, -0.2) is 4.79 Å². The van der Waals surface area contributed by atoms with E-state index >= 15 is 0 Å². The molecule has 2 aromatic rings. The second kappa shape index (κ2) is 10.9. The van der Waals surface area contributed by atoms with Crippen LogP contribution in [0.1, 0.15) is 63.0 Å². The number of carboxylic acids is 1. The highest BCUT2D eigenvalue weighted by Crippen LogP contribution is 2.44. The van der Waals surface area contributed by atoms with Crippen molar-refractivity contribution >= 4 is 18.0 Å². The van der Waals surface area contributed by atoms with Crippen molar-refractivity contribution in [2.24, 2.45) is 5.92 Å². The van der Waals surface area contributed by atoms with Crippen LogP contribution in [0.15, 0.2) is 48.5 Å². The van der Waals surface area contributed by atoms with Gasteiger partial charge in [0.2, 0.25) is 5.91 Å². The zero-order chi connectivity index (χ0) is 24.9. The third-order valence-corrected chi connectivity index (χ3v) is 7.42. The fraction of sp³-hybridized carbons (Fsp3) is 0.464. The molecule has 1 aliphatic heterocycles. The summed E-state index contributed by atoms with van der Waals surface area (Å²) < 4.78 is 5.68. The summed E-state index contributed by atoms with van der Waals surface area (Å²) in [6.07, 6.45) is 2.38. The number of nitrogens with one attached hydrogen (secondary N) is 1. The number of benzene rings is 2. The zero-order valence-corrected chi connectivity index (χ0v) is 20.4. The van der Waals surface area contributed by atoms with E-state index in [2.05, 4.69) is 29.6 Å². The molecule has 0 bridgehead atoms. The second-order valence-electron chi connectivity index (χ2n) is 9.61. The maximum atomic E-state index is 13.5. The average molecular weight is 479 g/mol. The van der Waals surface area contributed by atoms with Crippen molar-refractivity contribution in [3.8, 4) is 11.1 Å². The molecule has 2 amide bonds. The van der Waals surface area contributed by atoms with Crippen LogP contribution in [-0.4, -0.2) is 53.2 Å². The van der Waals surface area contributed by atoms with E-state index in [-0.39, 0.29) is 36.8 Å². The molecular formula is C28H34N2O5. The summed E-state index contributed by atoms with van der Waals surface area (Å²) in [5.74, 6) is -1.32. The number of fused-ring (bicyclic) bond motifs is 3. The largest absolute Gasteiger partial charge is 0.481 e. The zero-order valence-electron chi connectivity index (χ0n) is 20.4. The number of hydrogen-bond donors (Lipinski definition) is 2. The van der Waals surface area contributed by atoms with Gasteiger partial charge in [-0.2, -0.15) is 0 Å². The Morgan fingerprint density at radius 2 is 1.69 bits per heavy atom. The van der Waals surface area contributed by atoms with Gasteiger partial charge < -0.3 is 20.1 Å². The minimum absolute atomic E-state index is 0.0621. The second-order valence-corrected chi connectivity index (χ2v) is 9.61. The van der Waals surface area contributed by atoms with Crippen LogP contribution in [0.5, 0.6) is 0 Å². The monoisotopic (exact) mass is 478 g/mol. The van der Waals surface area contributed by atoms with Gasteiger partial charge in [-0.15, -0.1) is 0 Å². The number of amides is 2. The summed E-state index contributed by atoms with van der Waals surface area (Å²) in [5.41, 5.74) is 4.56. The van der Waals surface area contributed by atoms with Gasteiger partial charge in [0.25, 0.3) is 0 Å². The van der Waals surface area contributed by atoms with Gasteiger partial charge >= 0.3 is 12.1 Å². The van der Waals surface area contributed by atoms with Gasteiger partial charge in [-0.1, -0.05) is 68.8 Å². The Hall–Kier alpha value is -3.35. The molecule has 1 heterocycles. The number of ether oxygens (including phenoxy) is 1. The molecule has 7 heteroatoms. The summed E-state index contributed by atoms with van der Waals surface area (Å²) in [6.45, 7) is 4.57. The molecule has 0 radical (unpaired) electrons. The highest BCUT2D eigenvalue weighted by Gasteiger charge is 2.36. The number of carboxylic acid groups (broad SMARTS) is 1. The molecule has 2 aliphatic rings. The first-order chi connectivity index (χ1) is 16.9. The van der Waals surface area contributed by atoms with E-state index in [4.69, 9.17) is 4.74 Å². The maximum absolute atomic E-state index is 13.5. The number of rotatable bonds is 8. The number of likely N-dealkylation sites (tertiary alicyclic amines) is 1. The van der Waals surface area contributed by atoms with Crippen molar-refractivity contribution in [3.05, 3.63) is 59.7 Å². The maximum Gasteiger partial charge on any atom is 0.407 e. The van der Waals surface area contributed by atoms with Crippen LogP contribution in [0, 0.1) is 5.92 Å². The highest BCUT2D eigenvalue weighted by molar-refractivity contribution is 5.87. The Morgan fingerprint density at radius 3 is 2.29 bits per heavy atom. The minimum atomic E-state index is -0.917. The van der Waals surface area contributed by atoms with Crippen LogP contribution < -0.4 is 5.32 Å². The molecule has 2 aromatic carbocycles. The number of hydrogen-bond acceptors (Lipinski definition) is 4. The van der Waals surface area contributed by atoms with Crippen molar-refractivity contribution in [1.29, 1.82) is 0 Å². The van der Waals surface area contributed by atoms with E-state index in [0.717, 1.165) is 35.1 Å². The topological polar surface area (TPSA) is 95.9 Å². The number of nitrogens with zero attached hydrogens (tertiary/aromatic N) is 1. The van der Waals surface area contributed by atoms with E-state index in [1.54, 1.807) is 4.90 Å². The number of alkyl carbamates (subject to hydrolysis) is 1. The molecule has 1 saturated heterocycles. The summed E-state index contributed by atoms with van der Waals surface area (Å²) in [7, 11) is 0. The van der Waals surface area contributed by atoms with Crippen LogP contribution in [0.2, 0.25) is 0 Å². The van der Waals surface area contributed by atoms with Gasteiger partial charge in [0.05, 0.1) is 6.42 Å². The number of piperidine rings is 1. The molecule has 1 aliphatic carbocycles. The normalized spacial score (nSPS) is 18.8. The van der Waals surface area contributed by atoms with E-state index in [1.807, 2.05) is 38.1 Å². The van der Waals surface area contributed by atoms with Crippen LogP contribution >= 0.6 is 0 Å². The standard InChI is InChI=1S/C28H34N2O5/c1-3-18(2)26(27(33)30-15-9-8-10-19(30)16-25(31)32)29-28(34)35-17-24-22-13-6-4-11-20(22)21-12-5-7-14-23(21)24/h4-7,11-14,18-19,24,26H,3,8-10,15-17H2,1-2H3,(H,29,34)(H,31,32)/t18-,19-,26-/m0/s1. The average Bonchev–Trinajstić information content (AvgIpc) is 3.19. The van der Waals surface area contributed by atoms with Gasteiger partial charge in [0.1, 0.15) is 12.6 Å². The first-order valence-corrected chi connectivity index (χ1v) is 12.5. The third-order valence-electron chi connectivity index (χ3n) is 7.42. The van der Waals surface area contributed by atoms with Crippen molar-refractivity contribution in [1.82, 2.24) is 10.2 Å². The SMILES string of the molecule is CC[C@H](C)[C@H](NC(=O)OCC1c2ccccc2-c2ccccc21)C(=O)N1CCCC[C@H]1CC(=O)O. The number of aliphatic carboxylic acids is 1. The van der Waals surface area contributed by atoms with Crippen molar-refractivity contribution in [3.63, 3.8) is 0 Å². The fourth-order valence-corrected chi connectivity index (χ4v) is 5.33. The Balaban J connectivity index is 1.45. The summed E-state index contributed by atoms with van der Waals surface area (Å²) in [4.78, 5) is 39.4. The lowest BCUT2D eigenvalue weighted by Gasteiger charge is -2.38. The van der Waals surface area contributed by atoms with Crippen LogP contribution in [-0.2, 0) is 14.3 Å². The van der Waals surface area contributed by atoms with E-state index in [1.165, 1.54) is 0 Å². The summed E-state index contributed by atoms with van der Waals surface area (Å²) >= 11 is 0. The Bertz CT molecular complexity index is 1040. The van der Waals surface area contributed by atoms with Crippen LogP contribution in [0.3, 0.4) is 0 Å². The summed E-state index contributed by atoms with van der Waals surface area (Å²) in [5, 5.41) is 12.1. The van der Waals surface area contributed by atoms with E-state index in [9.17, 15) is 19.5 Å². The van der Waals surface area contributed by atoms with Crippen LogP contribution in [0.4, 0.5) is 4.79 Å². The van der Waals surface area contributed by atoms with Gasteiger partial charge in [0.15, 0.2) is 0 Å². The lowest BCUT2D eigenvalue weighted by molar-refractivity contribution is -0.143. The lowest BCUT2D eigenvalue weighted by atomic mass is 9.94. The van der Waals surface area contributed by atoms with Crippen LogP contribution in [0.25, 0.3) is 11.1 Å². The van der Waals surface area contributed by atoms with E-state index in [0.29, 0.717) is 19.4 Å². The molecule has 186 valence electrons. The van der Waals surface area contributed by atoms with Gasteiger partial charge in [0, 0.05) is 18.5 Å². The minimum Gasteiger partial charge on any atom is -0.481 e. The molecule has 0 aromatic heterocycles. The molecular weight excluding hydrogens is 444 g/mol. The molecule has 0 spiro atoms. The predicted octanol–water partition coefficient (Wildman–Crippen LogP) is 4.80. The molecule has 0 unspecified atom stereocenters.